The van der Waals surface area contributed by atoms with Crippen molar-refractivity contribution in [3.8, 4) is 0 Å². The van der Waals surface area contributed by atoms with Gasteiger partial charge < -0.3 is 14.6 Å². The van der Waals surface area contributed by atoms with Crippen molar-refractivity contribution < 1.29 is 14.0 Å². The fraction of sp³-hybridized carbons (Fsp3) is 0.250. The number of carbonyl (C=O) groups excluding carboxylic acids is 2. The number of thioether (sulfide) groups is 1. The molecule has 1 aromatic heterocycles. The maximum atomic E-state index is 12.7. The van der Waals surface area contributed by atoms with Crippen LogP contribution in [0.3, 0.4) is 0 Å². The van der Waals surface area contributed by atoms with Crippen LogP contribution in [0.4, 0.5) is 0 Å². The molecule has 1 N–H and O–H groups in total. The Morgan fingerprint density at radius 3 is 2.57 bits per heavy atom. The van der Waals surface area contributed by atoms with Gasteiger partial charge in [-0.2, -0.15) is 0 Å². The smallest absolute Gasteiger partial charge is 0.251 e. The van der Waals surface area contributed by atoms with Crippen LogP contribution in [-0.2, 0) is 11.3 Å². The van der Waals surface area contributed by atoms with Gasteiger partial charge in [0.15, 0.2) is 0 Å². The Balaban J connectivity index is 1.43. The van der Waals surface area contributed by atoms with Gasteiger partial charge in [0.25, 0.3) is 5.91 Å². The van der Waals surface area contributed by atoms with E-state index in [-0.39, 0.29) is 23.2 Å². The van der Waals surface area contributed by atoms with Crippen molar-refractivity contribution >= 4 is 23.6 Å². The normalized spacial score (nSPS) is 17.2. The van der Waals surface area contributed by atoms with Crippen molar-refractivity contribution in [2.24, 2.45) is 0 Å². The average Bonchev–Trinajstić information content (AvgIpc) is 3.39. The molecule has 2 aromatic carbocycles. The maximum absolute atomic E-state index is 12.7. The molecule has 0 bridgehead atoms. The molecule has 0 unspecified atom stereocenters. The Hall–Kier alpha value is -2.99. The molecule has 0 radical (unpaired) electrons. The summed E-state index contributed by atoms with van der Waals surface area (Å²) in [4.78, 5) is 26.8. The van der Waals surface area contributed by atoms with Gasteiger partial charge in [-0.3, -0.25) is 9.59 Å². The van der Waals surface area contributed by atoms with Crippen LogP contribution in [0.1, 0.15) is 51.1 Å². The number of furan rings is 1. The Bertz CT molecular complexity index is 1010. The molecule has 6 heteroatoms. The van der Waals surface area contributed by atoms with E-state index < -0.39 is 0 Å². The van der Waals surface area contributed by atoms with Crippen molar-refractivity contribution in [2.45, 2.75) is 31.8 Å². The van der Waals surface area contributed by atoms with E-state index in [9.17, 15) is 9.59 Å². The van der Waals surface area contributed by atoms with Crippen LogP contribution in [0.5, 0.6) is 0 Å². The fourth-order valence-corrected chi connectivity index (χ4v) is 4.68. The third-order valence-corrected chi connectivity index (χ3v) is 6.51. The summed E-state index contributed by atoms with van der Waals surface area (Å²) >= 11 is 1.59. The number of benzene rings is 2. The Kier molecular flexibility index (Phi) is 5.95. The Labute approximate surface area is 180 Å². The SMILES string of the molecule is Cc1ccc([C@H](C)NC(=O)c2ccc([C@@H]3SCC(=O)N3Cc3ccco3)cc2)cc1. The molecule has 2 heterocycles. The van der Waals surface area contributed by atoms with E-state index in [0.717, 1.165) is 16.9 Å². The molecule has 1 aliphatic heterocycles. The minimum absolute atomic E-state index is 0.0776. The fourth-order valence-electron chi connectivity index (χ4n) is 3.49. The molecule has 5 nitrogen and oxygen atoms in total. The van der Waals surface area contributed by atoms with Gasteiger partial charge in [-0.05, 0) is 49.2 Å². The zero-order valence-corrected chi connectivity index (χ0v) is 17.8. The summed E-state index contributed by atoms with van der Waals surface area (Å²) in [5.74, 6) is 1.19. The van der Waals surface area contributed by atoms with E-state index in [1.54, 1.807) is 18.0 Å². The molecule has 2 atom stereocenters. The van der Waals surface area contributed by atoms with Crippen LogP contribution >= 0.6 is 11.8 Å². The molecule has 0 spiro atoms. The third kappa shape index (κ3) is 4.44. The van der Waals surface area contributed by atoms with Gasteiger partial charge in [0.05, 0.1) is 24.6 Å². The minimum atomic E-state index is -0.114. The minimum Gasteiger partial charge on any atom is -0.467 e. The molecule has 0 aliphatic carbocycles. The number of amides is 2. The highest BCUT2D eigenvalue weighted by Gasteiger charge is 2.33. The lowest BCUT2D eigenvalue weighted by molar-refractivity contribution is -0.128. The number of hydrogen-bond donors (Lipinski definition) is 1. The van der Waals surface area contributed by atoms with Gasteiger partial charge >= 0.3 is 0 Å². The zero-order valence-electron chi connectivity index (χ0n) is 17.0. The van der Waals surface area contributed by atoms with Gasteiger partial charge in [0, 0.05) is 5.56 Å². The molecule has 1 fully saturated rings. The van der Waals surface area contributed by atoms with Crippen molar-refractivity contribution in [1.29, 1.82) is 0 Å². The highest BCUT2D eigenvalue weighted by atomic mass is 32.2. The standard InChI is InChI=1S/C24H24N2O3S/c1-16-5-7-18(8-6-16)17(2)25-23(28)19-9-11-20(12-10-19)24-26(22(27)15-30-24)14-21-4-3-13-29-21/h3-13,17,24H,14-15H2,1-2H3,(H,25,28)/t17-,24-/m0/s1. The lowest BCUT2D eigenvalue weighted by atomic mass is 10.1. The van der Waals surface area contributed by atoms with Gasteiger partial charge in [-0.15, -0.1) is 11.8 Å². The topological polar surface area (TPSA) is 62.6 Å². The van der Waals surface area contributed by atoms with Crippen molar-refractivity contribution in [3.63, 3.8) is 0 Å². The second-order valence-corrected chi connectivity index (χ2v) is 8.56. The van der Waals surface area contributed by atoms with E-state index in [4.69, 9.17) is 4.42 Å². The van der Waals surface area contributed by atoms with Gasteiger partial charge in [0.2, 0.25) is 5.91 Å². The summed E-state index contributed by atoms with van der Waals surface area (Å²) < 4.78 is 5.40. The first-order chi connectivity index (χ1) is 14.5. The first-order valence-electron chi connectivity index (χ1n) is 9.92. The van der Waals surface area contributed by atoms with Crippen molar-refractivity contribution in [2.75, 3.05) is 5.75 Å². The van der Waals surface area contributed by atoms with Gasteiger partial charge in [-0.25, -0.2) is 0 Å². The van der Waals surface area contributed by atoms with Crippen molar-refractivity contribution in [1.82, 2.24) is 10.2 Å². The molecular formula is C24H24N2O3S. The first-order valence-corrected chi connectivity index (χ1v) is 11.0. The van der Waals surface area contributed by atoms with E-state index in [2.05, 4.69) is 5.32 Å². The lowest BCUT2D eigenvalue weighted by Gasteiger charge is -2.23. The number of nitrogens with one attached hydrogen (secondary N) is 1. The second kappa shape index (κ2) is 8.79. The van der Waals surface area contributed by atoms with Crippen LogP contribution in [-0.4, -0.2) is 22.5 Å². The Morgan fingerprint density at radius 1 is 1.17 bits per heavy atom. The summed E-state index contributed by atoms with van der Waals surface area (Å²) in [6, 6.07) is 19.3. The molecule has 2 amide bonds. The van der Waals surface area contributed by atoms with Crippen LogP contribution in [0, 0.1) is 6.92 Å². The molecule has 1 aliphatic rings. The monoisotopic (exact) mass is 420 g/mol. The number of hydrogen-bond acceptors (Lipinski definition) is 4. The van der Waals surface area contributed by atoms with Gasteiger partial charge in [-0.1, -0.05) is 42.0 Å². The predicted molar refractivity (Wildman–Crippen MR) is 118 cm³/mol. The summed E-state index contributed by atoms with van der Waals surface area (Å²) in [5.41, 5.74) is 3.86. The van der Waals surface area contributed by atoms with Crippen molar-refractivity contribution in [3.05, 3.63) is 94.9 Å². The summed E-state index contributed by atoms with van der Waals surface area (Å²) in [7, 11) is 0. The Morgan fingerprint density at radius 2 is 1.90 bits per heavy atom. The first kappa shape index (κ1) is 20.3. The lowest BCUT2D eigenvalue weighted by Crippen LogP contribution is -2.28. The number of carbonyl (C=O) groups is 2. The summed E-state index contributed by atoms with van der Waals surface area (Å²) in [6.07, 6.45) is 1.61. The van der Waals surface area contributed by atoms with Crippen LogP contribution in [0.2, 0.25) is 0 Å². The molecule has 4 rings (SSSR count). The highest BCUT2D eigenvalue weighted by molar-refractivity contribution is 8.00. The van der Waals surface area contributed by atoms with Crippen LogP contribution < -0.4 is 5.32 Å². The van der Waals surface area contributed by atoms with Crippen LogP contribution in [0.15, 0.2) is 71.3 Å². The largest absolute Gasteiger partial charge is 0.467 e. The van der Waals surface area contributed by atoms with E-state index in [1.807, 2.05) is 79.4 Å². The number of aryl methyl sites for hydroxylation is 1. The zero-order chi connectivity index (χ0) is 21.1. The van der Waals surface area contributed by atoms with Crippen LogP contribution in [0.25, 0.3) is 0 Å². The van der Waals surface area contributed by atoms with E-state index >= 15 is 0 Å². The molecule has 1 saturated heterocycles. The van der Waals surface area contributed by atoms with E-state index in [1.165, 1.54) is 5.56 Å². The van der Waals surface area contributed by atoms with E-state index in [0.29, 0.717) is 17.9 Å². The van der Waals surface area contributed by atoms with Gasteiger partial charge in [0.1, 0.15) is 11.1 Å². The quantitative estimate of drug-likeness (QED) is 0.619. The third-order valence-electron chi connectivity index (χ3n) is 5.26. The highest BCUT2D eigenvalue weighted by Crippen LogP contribution is 2.39. The molecule has 0 saturated carbocycles. The molecule has 154 valence electrons. The summed E-state index contributed by atoms with van der Waals surface area (Å²) in [5, 5.41) is 2.97. The predicted octanol–water partition coefficient (Wildman–Crippen LogP) is 4.85. The molecular weight excluding hydrogens is 396 g/mol. The molecule has 30 heavy (non-hydrogen) atoms. The number of nitrogens with zero attached hydrogens (tertiary/aromatic N) is 1. The maximum Gasteiger partial charge on any atom is 0.251 e. The number of rotatable bonds is 6. The average molecular weight is 421 g/mol. The molecule has 3 aromatic rings. The second-order valence-electron chi connectivity index (χ2n) is 7.49. The summed E-state index contributed by atoms with van der Waals surface area (Å²) in [6.45, 7) is 4.46.